The molecule has 0 aromatic carbocycles. The van der Waals surface area contributed by atoms with Crippen molar-refractivity contribution in [3.8, 4) is 0 Å². The van der Waals surface area contributed by atoms with Crippen LogP contribution in [-0.4, -0.2) is 36.5 Å². The molecular formula is C13H24N2OS. The van der Waals surface area contributed by atoms with Crippen molar-refractivity contribution in [2.24, 2.45) is 5.92 Å². The number of carbonyl (C=O) groups excluding carboxylic acids is 1. The van der Waals surface area contributed by atoms with Gasteiger partial charge in [-0.05, 0) is 38.1 Å². The fraction of sp³-hybridized carbons (Fsp3) is 0.923. The van der Waals surface area contributed by atoms with Gasteiger partial charge in [-0.3, -0.25) is 4.79 Å². The van der Waals surface area contributed by atoms with Gasteiger partial charge in [0.2, 0.25) is 5.91 Å². The Bertz CT molecular complexity index is 260. The number of thioether (sulfide) groups is 1. The summed E-state index contributed by atoms with van der Waals surface area (Å²) in [5, 5.41) is 6.36. The van der Waals surface area contributed by atoms with Gasteiger partial charge in [0.05, 0.1) is 0 Å². The molecular weight excluding hydrogens is 232 g/mol. The van der Waals surface area contributed by atoms with Crippen LogP contribution in [-0.2, 0) is 4.79 Å². The van der Waals surface area contributed by atoms with E-state index in [0.29, 0.717) is 17.1 Å². The molecule has 1 saturated heterocycles. The SMILES string of the molecule is CSC1(CNC(=O)CC2CNC2)CCCCC1. The standard InChI is InChI=1S/C13H24N2OS/c1-17-13(5-3-2-4-6-13)10-15-12(16)7-11-8-14-9-11/h11,14H,2-10H2,1H3,(H,15,16). The highest BCUT2D eigenvalue weighted by molar-refractivity contribution is 8.00. The van der Waals surface area contributed by atoms with Crippen molar-refractivity contribution in [2.75, 3.05) is 25.9 Å². The highest BCUT2D eigenvalue weighted by Crippen LogP contribution is 2.37. The summed E-state index contributed by atoms with van der Waals surface area (Å²) in [6, 6.07) is 0. The third kappa shape index (κ3) is 3.62. The Morgan fingerprint density at radius 1 is 1.35 bits per heavy atom. The van der Waals surface area contributed by atoms with Crippen LogP contribution in [0.15, 0.2) is 0 Å². The minimum Gasteiger partial charge on any atom is -0.355 e. The van der Waals surface area contributed by atoms with Crippen LogP contribution in [0.2, 0.25) is 0 Å². The van der Waals surface area contributed by atoms with E-state index in [1.165, 1.54) is 32.1 Å². The van der Waals surface area contributed by atoms with Gasteiger partial charge in [-0.1, -0.05) is 19.3 Å². The van der Waals surface area contributed by atoms with E-state index in [1.807, 2.05) is 11.8 Å². The minimum atomic E-state index is 0.246. The summed E-state index contributed by atoms with van der Waals surface area (Å²) in [5.74, 6) is 0.821. The second-order valence-corrected chi connectivity index (χ2v) is 6.73. The monoisotopic (exact) mass is 256 g/mol. The Kier molecular flexibility index (Phi) is 4.74. The molecule has 0 radical (unpaired) electrons. The Labute approximate surface area is 108 Å². The van der Waals surface area contributed by atoms with E-state index < -0.39 is 0 Å². The topological polar surface area (TPSA) is 41.1 Å². The van der Waals surface area contributed by atoms with Crippen LogP contribution < -0.4 is 10.6 Å². The maximum absolute atomic E-state index is 11.8. The Balaban J connectivity index is 1.72. The van der Waals surface area contributed by atoms with E-state index in [9.17, 15) is 4.79 Å². The highest BCUT2D eigenvalue weighted by Gasteiger charge is 2.31. The molecule has 2 N–H and O–H groups in total. The predicted octanol–water partition coefficient (Wildman–Crippen LogP) is 1.78. The van der Waals surface area contributed by atoms with Crippen LogP contribution >= 0.6 is 11.8 Å². The number of rotatable bonds is 5. The molecule has 1 saturated carbocycles. The van der Waals surface area contributed by atoms with Gasteiger partial charge in [0.25, 0.3) is 0 Å². The average Bonchev–Trinajstić information content (AvgIpc) is 2.32. The van der Waals surface area contributed by atoms with Crippen LogP contribution in [0, 0.1) is 5.92 Å². The molecule has 0 aromatic heterocycles. The lowest BCUT2D eigenvalue weighted by atomic mass is 9.88. The summed E-state index contributed by atoms with van der Waals surface area (Å²) in [6.07, 6.45) is 9.43. The second kappa shape index (κ2) is 6.10. The summed E-state index contributed by atoms with van der Waals surface area (Å²) in [6.45, 7) is 2.90. The van der Waals surface area contributed by atoms with Gasteiger partial charge < -0.3 is 10.6 Å². The van der Waals surface area contributed by atoms with E-state index in [0.717, 1.165) is 19.6 Å². The molecule has 2 aliphatic rings. The van der Waals surface area contributed by atoms with E-state index >= 15 is 0 Å². The first kappa shape index (κ1) is 13.2. The van der Waals surface area contributed by atoms with Crippen molar-refractivity contribution >= 4 is 17.7 Å². The van der Waals surface area contributed by atoms with Crippen LogP contribution in [0.3, 0.4) is 0 Å². The fourth-order valence-corrected chi connectivity index (χ4v) is 3.65. The van der Waals surface area contributed by atoms with Gasteiger partial charge in [-0.2, -0.15) is 11.8 Å². The zero-order chi connectivity index (χ0) is 12.1. The van der Waals surface area contributed by atoms with Crippen molar-refractivity contribution in [1.29, 1.82) is 0 Å². The number of nitrogens with one attached hydrogen (secondary N) is 2. The Morgan fingerprint density at radius 3 is 2.59 bits per heavy atom. The molecule has 0 atom stereocenters. The molecule has 0 bridgehead atoms. The lowest BCUT2D eigenvalue weighted by Gasteiger charge is -2.36. The van der Waals surface area contributed by atoms with Crippen molar-refractivity contribution in [3.63, 3.8) is 0 Å². The summed E-state index contributed by atoms with van der Waals surface area (Å²) < 4.78 is 0.325. The van der Waals surface area contributed by atoms with Crippen LogP contribution in [0.5, 0.6) is 0 Å². The lowest BCUT2D eigenvalue weighted by molar-refractivity contribution is -0.122. The van der Waals surface area contributed by atoms with Crippen molar-refractivity contribution in [1.82, 2.24) is 10.6 Å². The molecule has 2 fully saturated rings. The Morgan fingerprint density at radius 2 is 2.06 bits per heavy atom. The van der Waals surface area contributed by atoms with Crippen molar-refractivity contribution < 1.29 is 4.79 Å². The number of hydrogen-bond acceptors (Lipinski definition) is 3. The first-order valence-corrected chi connectivity index (χ1v) is 7.99. The maximum atomic E-state index is 11.8. The maximum Gasteiger partial charge on any atom is 0.220 e. The van der Waals surface area contributed by atoms with Gasteiger partial charge in [0.1, 0.15) is 0 Å². The second-order valence-electron chi connectivity index (χ2n) is 5.45. The molecule has 2 rings (SSSR count). The van der Waals surface area contributed by atoms with Gasteiger partial charge in [-0.15, -0.1) is 0 Å². The zero-order valence-electron chi connectivity index (χ0n) is 10.8. The molecule has 1 heterocycles. The summed E-state index contributed by atoms with van der Waals surface area (Å²) in [4.78, 5) is 11.8. The predicted molar refractivity (Wildman–Crippen MR) is 73.3 cm³/mol. The van der Waals surface area contributed by atoms with Gasteiger partial charge >= 0.3 is 0 Å². The molecule has 1 amide bonds. The Hall–Kier alpha value is -0.220. The van der Waals surface area contributed by atoms with Crippen molar-refractivity contribution in [3.05, 3.63) is 0 Å². The van der Waals surface area contributed by atoms with Crippen LogP contribution in [0.25, 0.3) is 0 Å². The van der Waals surface area contributed by atoms with Crippen molar-refractivity contribution in [2.45, 2.75) is 43.3 Å². The molecule has 4 heteroatoms. The quantitative estimate of drug-likeness (QED) is 0.788. The summed E-state index contributed by atoms with van der Waals surface area (Å²) >= 11 is 1.95. The molecule has 98 valence electrons. The van der Waals surface area contributed by atoms with E-state index in [1.54, 1.807) is 0 Å². The van der Waals surface area contributed by atoms with Crippen LogP contribution in [0.1, 0.15) is 38.5 Å². The number of amides is 1. The molecule has 1 aliphatic carbocycles. The largest absolute Gasteiger partial charge is 0.355 e. The molecule has 0 aromatic rings. The molecule has 0 spiro atoms. The average molecular weight is 256 g/mol. The highest BCUT2D eigenvalue weighted by atomic mass is 32.2. The van der Waals surface area contributed by atoms with Gasteiger partial charge in [-0.25, -0.2) is 0 Å². The van der Waals surface area contributed by atoms with Crippen LogP contribution in [0.4, 0.5) is 0 Å². The van der Waals surface area contributed by atoms with E-state index in [-0.39, 0.29) is 5.91 Å². The zero-order valence-corrected chi connectivity index (χ0v) is 11.6. The van der Waals surface area contributed by atoms with Gasteiger partial charge in [0.15, 0.2) is 0 Å². The fourth-order valence-electron chi connectivity index (χ4n) is 2.74. The van der Waals surface area contributed by atoms with Gasteiger partial charge in [0, 0.05) is 17.7 Å². The minimum absolute atomic E-state index is 0.246. The third-order valence-electron chi connectivity index (χ3n) is 4.15. The normalized spacial score (nSPS) is 24.1. The lowest BCUT2D eigenvalue weighted by Crippen LogP contribution is -2.46. The smallest absolute Gasteiger partial charge is 0.220 e. The van der Waals surface area contributed by atoms with E-state index in [4.69, 9.17) is 0 Å². The molecule has 17 heavy (non-hydrogen) atoms. The number of carbonyl (C=O) groups is 1. The molecule has 3 nitrogen and oxygen atoms in total. The summed E-state index contributed by atoms with van der Waals surface area (Å²) in [7, 11) is 0. The molecule has 0 unspecified atom stereocenters. The first-order chi connectivity index (χ1) is 8.24. The number of hydrogen-bond donors (Lipinski definition) is 2. The first-order valence-electron chi connectivity index (χ1n) is 6.77. The van der Waals surface area contributed by atoms with E-state index in [2.05, 4.69) is 16.9 Å². The summed E-state index contributed by atoms with van der Waals surface area (Å²) in [5.41, 5.74) is 0. The third-order valence-corrected chi connectivity index (χ3v) is 5.56. The molecule has 1 aliphatic heterocycles.